The van der Waals surface area contributed by atoms with Gasteiger partial charge in [-0.3, -0.25) is 0 Å². The Morgan fingerprint density at radius 2 is 1.22 bits per heavy atom. The summed E-state index contributed by atoms with van der Waals surface area (Å²) in [6.07, 6.45) is 0. The van der Waals surface area contributed by atoms with E-state index in [1.54, 1.807) is 0 Å². The molecule has 1 aliphatic heterocycles. The third-order valence-electron chi connectivity index (χ3n) is 7.77. The first kappa shape index (κ1) is 21.5. The molecule has 5 aromatic carbocycles. The number of benzene rings is 5. The third kappa shape index (κ3) is 3.06. The normalized spacial score (nSPS) is 13.8. The van der Waals surface area contributed by atoms with Gasteiger partial charge in [-0.25, -0.2) is 4.85 Å². The van der Waals surface area contributed by atoms with Gasteiger partial charge in [-0.1, -0.05) is 80.6 Å². The number of fused-ring (bicyclic) bond motifs is 5. The molecular weight excluding hydrogens is 450 g/mol. The third-order valence-corrected chi connectivity index (χ3v) is 7.77. The highest BCUT2D eigenvalue weighted by Gasteiger charge is 2.36. The molecule has 0 unspecified atom stereocenters. The largest absolute Gasteiger partial charge is 0.310 e. The summed E-state index contributed by atoms with van der Waals surface area (Å²) >= 11 is 0. The van der Waals surface area contributed by atoms with Gasteiger partial charge in [0.1, 0.15) is 0 Å². The van der Waals surface area contributed by atoms with Crippen molar-refractivity contribution in [2.24, 2.45) is 0 Å². The van der Waals surface area contributed by atoms with Crippen molar-refractivity contribution in [1.29, 1.82) is 0 Å². The van der Waals surface area contributed by atoms with Crippen LogP contribution in [0.3, 0.4) is 0 Å². The van der Waals surface area contributed by atoms with Gasteiger partial charge < -0.3 is 9.47 Å². The molecule has 3 heteroatoms. The number of rotatable bonds is 2. The number of anilines is 3. The van der Waals surface area contributed by atoms with E-state index in [1.165, 1.54) is 22.5 Å². The van der Waals surface area contributed by atoms with Crippen molar-refractivity contribution in [3.63, 3.8) is 0 Å². The maximum atomic E-state index is 7.50. The van der Waals surface area contributed by atoms with Gasteiger partial charge in [-0.05, 0) is 65.0 Å². The molecular formula is C34H25N3. The van der Waals surface area contributed by atoms with E-state index in [0.717, 1.165) is 33.2 Å². The summed E-state index contributed by atoms with van der Waals surface area (Å²) in [6.45, 7) is 12.1. The first-order chi connectivity index (χ1) is 18.1. The topological polar surface area (TPSA) is 12.5 Å². The Kier molecular flexibility index (Phi) is 4.55. The Bertz CT molecular complexity index is 1830. The lowest BCUT2D eigenvalue weighted by atomic mass is 9.73. The van der Waals surface area contributed by atoms with E-state index < -0.39 is 0 Å². The molecule has 0 bridgehead atoms. The van der Waals surface area contributed by atoms with Crippen molar-refractivity contribution in [2.45, 2.75) is 19.3 Å². The van der Waals surface area contributed by atoms with E-state index >= 15 is 0 Å². The lowest BCUT2D eigenvalue weighted by molar-refractivity contribution is 0.632. The number of aromatic nitrogens is 1. The molecule has 176 valence electrons. The first-order valence-corrected chi connectivity index (χ1v) is 12.6. The number of hydrogen-bond acceptors (Lipinski definition) is 1. The minimum atomic E-state index is -0.0886. The van der Waals surface area contributed by atoms with Crippen LogP contribution in [0.1, 0.15) is 25.0 Å². The second-order valence-electron chi connectivity index (χ2n) is 10.2. The van der Waals surface area contributed by atoms with Crippen molar-refractivity contribution in [3.8, 4) is 5.69 Å². The highest BCUT2D eigenvalue weighted by molar-refractivity contribution is 6.10. The van der Waals surface area contributed by atoms with Gasteiger partial charge >= 0.3 is 0 Å². The summed E-state index contributed by atoms with van der Waals surface area (Å²) < 4.78 is 2.31. The Morgan fingerprint density at radius 1 is 0.595 bits per heavy atom. The average molecular weight is 476 g/mol. The summed E-state index contributed by atoms with van der Waals surface area (Å²) in [4.78, 5) is 6.07. The first-order valence-electron chi connectivity index (χ1n) is 12.6. The summed E-state index contributed by atoms with van der Waals surface area (Å²) in [5.74, 6) is 0. The van der Waals surface area contributed by atoms with E-state index in [9.17, 15) is 0 Å². The molecule has 0 radical (unpaired) electrons. The summed E-state index contributed by atoms with van der Waals surface area (Å²) in [7, 11) is 0. The second-order valence-corrected chi connectivity index (χ2v) is 10.2. The van der Waals surface area contributed by atoms with Crippen molar-refractivity contribution in [3.05, 3.63) is 138 Å². The summed E-state index contributed by atoms with van der Waals surface area (Å²) in [6, 6.07) is 40.7. The highest BCUT2D eigenvalue weighted by atomic mass is 15.2. The highest BCUT2D eigenvalue weighted by Crippen LogP contribution is 2.51. The van der Waals surface area contributed by atoms with Crippen molar-refractivity contribution in [1.82, 2.24) is 4.57 Å². The van der Waals surface area contributed by atoms with Gasteiger partial charge in [-0.15, -0.1) is 0 Å². The van der Waals surface area contributed by atoms with Crippen LogP contribution in [0.15, 0.2) is 115 Å². The fourth-order valence-electron chi connectivity index (χ4n) is 6.03. The van der Waals surface area contributed by atoms with E-state index in [4.69, 9.17) is 6.57 Å². The molecule has 37 heavy (non-hydrogen) atoms. The standard InChI is InChI=1S/C34H25N3/c1-34(2)28-14-5-8-17-32(28)37(33-18-9-6-15-29(33)34)25-12-10-11-24(22-25)36-30-16-7-4-13-26(30)27-21-23(35-3)19-20-31(27)36/h4-22H,1-2H3. The molecule has 3 nitrogen and oxygen atoms in total. The molecule has 0 spiro atoms. The SMILES string of the molecule is [C-]#[N+]c1ccc2c(c1)c1ccccc1n2-c1cccc(N2c3ccccc3C(C)(C)c3ccccc32)c1. The Balaban J connectivity index is 1.49. The van der Waals surface area contributed by atoms with Crippen LogP contribution in [0.25, 0.3) is 32.3 Å². The van der Waals surface area contributed by atoms with Crippen LogP contribution < -0.4 is 4.90 Å². The Labute approximate surface area is 216 Å². The smallest absolute Gasteiger partial charge is 0.188 e. The molecule has 6 aromatic rings. The maximum Gasteiger partial charge on any atom is 0.188 e. The van der Waals surface area contributed by atoms with Crippen LogP contribution in [0.2, 0.25) is 0 Å². The Hall–Kier alpha value is -4.81. The predicted molar refractivity (Wildman–Crippen MR) is 154 cm³/mol. The van der Waals surface area contributed by atoms with E-state index in [-0.39, 0.29) is 5.41 Å². The van der Waals surface area contributed by atoms with Crippen molar-refractivity contribution in [2.75, 3.05) is 4.90 Å². The zero-order chi connectivity index (χ0) is 25.1. The lowest BCUT2D eigenvalue weighted by Gasteiger charge is -2.42. The zero-order valence-corrected chi connectivity index (χ0v) is 20.8. The van der Waals surface area contributed by atoms with Crippen LogP contribution >= 0.6 is 0 Å². The summed E-state index contributed by atoms with van der Waals surface area (Å²) in [5, 5.41) is 2.26. The molecule has 0 saturated heterocycles. The monoisotopic (exact) mass is 475 g/mol. The van der Waals surface area contributed by atoms with Crippen molar-refractivity contribution < 1.29 is 0 Å². The van der Waals surface area contributed by atoms with Gasteiger partial charge in [0.25, 0.3) is 0 Å². The van der Waals surface area contributed by atoms with Gasteiger partial charge in [0.2, 0.25) is 0 Å². The quantitative estimate of drug-likeness (QED) is 0.227. The van der Waals surface area contributed by atoms with E-state index in [1.807, 2.05) is 12.1 Å². The zero-order valence-electron chi connectivity index (χ0n) is 20.8. The molecule has 0 atom stereocenters. The fraction of sp³-hybridized carbons (Fsp3) is 0.0882. The molecule has 1 aliphatic rings. The predicted octanol–water partition coefficient (Wildman–Crippen LogP) is 9.44. The average Bonchev–Trinajstić information content (AvgIpc) is 3.27. The van der Waals surface area contributed by atoms with Crippen LogP contribution in [-0.4, -0.2) is 4.57 Å². The van der Waals surface area contributed by atoms with Crippen LogP contribution in [0, 0.1) is 6.57 Å². The summed E-state index contributed by atoms with van der Waals surface area (Å²) in [5.41, 5.74) is 10.1. The fourth-order valence-corrected chi connectivity index (χ4v) is 6.03. The number of para-hydroxylation sites is 3. The molecule has 2 heterocycles. The van der Waals surface area contributed by atoms with Crippen LogP contribution in [-0.2, 0) is 5.41 Å². The Morgan fingerprint density at radius 3 is 1.95 bits per heavy atom. The van der Waals surface area contributed by atoms with Gasteiger partial charge in [0.15, 0.2) is 5.69 Å². The van der Waals surface area contributed by atoms with Gasteiger partial charge in [0, 0.05) is 22.2 Å². The molecule has 0 amide bonds. The van der Waals surface area contributed by atoms with Gasteiger partial charge in [0.05, 0.1) is 29.0 Å². The minimum absolute atomic E-state index is 0.0886. The maximum absolute atomic E-state index is 7.50. The van der Waals surface area contributed by atoms with E-state index in [0.29, 0.717) is 5.69 Å². The molecule has 0 aliphatic carbocycles. The molecule has 7 rings (SSSR count). The molecule has 0 N–H and O–H groups in total. The lowest BCUT2D eigenvalue weighted by Crippen LogP contribution is -2.30. The van der Waals surface area contributed by atoms with Gasteiger partial charge in [-0.2, -0.15) is 0 Å². The molecule has 0 fully saturated rings. The van der Waals surface area contributed by atoms with E-state index in [2.05, 4.69) is 131 Å². The van der Waals surface area contributed by atoms with Crippen LogP contribution in [0.5, 0.6) is 0 Å². The van der Waals surface area contributed by atoms with Crippen molar-refractivity contribution >= 4 is 44.6 Å². The molecule has 1 aromatic heterocycles. The number of hydrogen-bond donors (Lipinski definition) is 0. The number of nitrogens with zero attached hydrogens (tertiary/aromatic N) is 3. The minimum Gasteiger partial charge on any atom is -0.310 e. The molecule has 0 saturated carbocycles. The second kappa shape index (κ2) is 7.85. The van der Waals surface area contributed by atoms with Crippen LogP contribution in [0.4, 0.5) is 22.7 Å².